The van der Waals surface area contributed by atoms with E-state index in [1.165, 1.54) is 0 Å². The van der Waals surface area contributed by atoms with Gasteiger partial charge < -0.3 is 24.3 Å². The van der Waals surface area contributed by atoms with Crippen LogP contribution in [0.15, 0.2) is 60.7 Å². The third kappa shape index (κ3) is 3.52. The van der Waals surface area contributed by atoms with E-state index in [2.05, 4.69) is 0 Å². The van der Waals surface area contributed by atoms with Gasteiger partial charge in [-0.3, -0.25) is 0 Å². The summed E-state index contributed by atoms with van der Waals surface area (Å²) < 4.78 is 13.1. The molecule has 154 valence electrons. The second kappa shape index (κ2) is 8.37. The normalized spacial score (nSPS) is 11.0. The van der Waals surface area contributed by atoms with Crippen LogP contribution in [0.3, 0.4) is 0 Å². The van der Waals surface area contributed by atoms with E-state index in [0.717, 1.165) is 11.0 Å². The molecule has 1 aromatic heterocycles. The predicted octanol–water partition coefficient (Wildman–Crippen LogP) is 4.96. The van der Waals surface area contributed by atoms with Gasteiger partial charge in [0.15, 0.2) is 23.0 Å². The lowest BCUT2D eigenvalue weighted by atomic mass is 10.1. The topological polar surface area (TPSA) is 76.7 Å². The van der Waals surface area contributed by atoms with E-state index in [0.29, 0.717) is 48.2 Å². The molecule has 0 aliphatic heterocycles. The second-order valence-corrected chi connectivity index (χ2v) is 6.79. The Hall–Kier alpha value is -3.67. The van der Waals surface area contributed by atoms with Gasteiger partial charge in [-0.05, 0) is 44.2 Å². The van der Waals surface area contributed by atoms with Crippen LogP contribution in [0.25, 0.3) is 22.4 Å². The molecule has 0 amide bonds. The molecule has 6 nitrogen and oxygen atoms in total. The average Bonchev–Trinajstić information content (AvgIpc) is 3.11. The molecule has 0 saturated carbocycles. The zero-order valence-electron chi connectivity index (χ0n) is 17.0. The number of aromatic hydroxyl groups is 2. The van der Waals surface area contributed by atoms with Gasteiger partial charge in [0.2, 0.25) is 0 Å². The van der Waals surface area contributed by atoms with E-state index in [9.17, 15) is 10.2 Å². The van der Waals surface area contributed by atoms with E-state index in [4.69, 9.17) is 14.5 Å². The van der Waals surface area contributed by atoms with Crippen molar-refractivity contribution in [3.05, 3.63) is 66.2 Å². The highest BCUT2D eigenvalue weighted by atomic mass is 16.5. The Bertz CT molecular complexity index is 1180. The lowest BCUT2D eigenvalue weighted by Crippen LogP contribution is -2.04. The summed E-state index contributed by atoms with van der Waals surface area (Å²) in [5, 5.41) is 21.5. The van der Waals surface area contributed by atoms with E-state index < -0.39 is 0 Å². The highest BCUT2D eigenvalue weighted by Crippen LogP contribution is 2.39. The molecule has 6 heteroatoms. The molecule has 0 aliphatic carbocycles. The van der Waals surface area contributed by atoms with Crippen LogP contribution in [0.1, 0.15) is 19.4 Å². The number of fused-ring (bicyclic) bond motifs is 1. The number of phenols is 2. The smallest absolute Gasteiger partial charge is 0.168 e. The molecular weight excluding hydrogens is 380 g/mol. The molecule has 0 atom stereocenters. The first kappa shape index (κ1) is 19.6. The summed E-state index contributed by atoms with van der Waals surface area (Å²) in [6, 6.07) is 18.6. The molecule has 3 aromatic carbocycles. The summed E-state index contributed by atoms with van der Waals surface area (Å²) in [7, 11) is 0. The van der Waals surface area contributed by atoms with Gasteiger partial charge in [-0.15, -0.1) is 0 Å². The highest BCUT2D eigenvalue weighted by Gasteiger charge is 2.19. The van der Waals surface area contributed by atoms with Gasteiger partial charge in [-0.2, -0.15) is 0 Å². The minimum Gasteiger partial charge on any atom is -0.504 e. The van der Waals surface area contributed by atoms with E-state index in [-0.39, 0.29) is 11.5 Å². The molecule has 2 N–H and O–H groups in total. The molecule has 0 spiro atoms. The highest BCUT2D eigenvalue weighted by molar-refractivity contribution is 5.82. The maximum atomic E-state index is 10.8. The summed E-state index contributed by atoms with van der Waals surface area (Å²) >= 11 is 0. The first-order chi connectivity index (χ1) is 14.6. The number of rotatable bonds is 7. The number of nitrogens with zero attached hydrogens (tertiary/aromatic N) is 2. The molecule has 0 radical (unpaired) electrons. The Labute approximate surface area is 175 Å². The Morgan fingerprint density at radius 2 is 1.47 bits per heavy atom. The minimum absolute atomic E-state index is 0.0446. The Morgan fingerprint density at radius 3 is 2.20 bits per heavy atom. The number of hydrogen-bond acceptors (Lipinski definition) is 5. The van der Waals surface area contributed by atoms with Gasteiger partial charge in [0, 0.05) is 5.56 Å². The molecule has 4 aromatic rings. The van der Waals surface area contributed by atoms with Gasteiger partial charge >= 0.3 is 0 Å². The van der Waals surface area contributed by atoms with Gasteiger partial charge in [-0.1, -0.05) is 30.3 Å². The first-order valence-electron chi connectivity index (χ1n) is 9.98. The van der Waals surface area contributed by atoms with Crippen LogP contribution in [0.4, 0.5) is 0 Å². The van der Waals surface area contributed by atoms with Crippen LogP contribution < -0.4 is 9.47 Å². The van der Waals surface area contributed by atoms with Crippen molar-refractivity contribution in [3.8, 4) is 34.4 Å². The lowest BCUT2D eigenvalue weighted by molar-refractivity contribution is 0.316. The number of benzene rings is 3. The molecule has 0 saturated heterocycles. The van der Waals surface area contributed by atoms with Crippen molar-refractivity contribution in [1.29, 1.82) is 0 Å². The summed E-state index contributed by atoms with van der Waals surface area (Å²) in [5.41, 5.74) is 2.97. The van der Waals surface area contributed by atoms with E-state index >= 15 is 0 Å². The molecule has 0 bridgehead atoms. The van der Waals surface area contributed by atoms with Gasteiger partial charge in [0.25, 0.3) is 0 Å². The van der Waals surface area contributed by atoms with Crippen LogP contribution in [0, 0.1) is 0 Å². The average molecular weight is 404 g/mol. The van der Waals surface area contributed by atoms with Crippen molar-refractivity contribution in [2.45, 2.75) is 20.4 Å². The molecule has 0 fully saturated rings. The van der Waals surface area contributed by atoms with Crippen molar-refractivity contribution in [1.82, 2.24) is 9.55 Å². The van der Waals surface area contributed by atoms with Crippen LogP contribution in [-0.4, -0.2) is 33.0 Å². The fourth-order valence-electron chi connectivity index (χ4n) is 3.55. The first-order valence-corrected chi connectivity index (χ1v) is 9.98. The maximum absolute atomic E-state index is 10.8. The quantitative estimate of drug-likeness (QED) is 0.455. The molecule has 30 heavy (non-hydrogen) atoms. The van der Waals surface area contributed by atoms with Gasteiger partial charge in [-0.25, -0.2) is 4.98 Å². The van der Waals surface area contributed by atoms with Gasteiger partial charge in [0.1, 0.15) is 5.82 Å². The molecular formula is C24H24N2O4. The van der Waals surface area contributed by atoms with E-state index in [1.807, 2.05) is 66.9 Å². The third-order valence-corrected chi connectivity index (χ3v) is 4.91. The zero-order chi connectivity index (χ0) is 21.1. The van der Waals surface area contributed by atoms with Crippen molar-refractivity contribution < 1.29 is 19.7 Å². The number of ether oxygens (including phenoxy) is 2. The number of hydrogen-bond donors (Lipinski definition) is 2. The van der Waals surface area contributed by atoms with Crippen LogP contribution in [-0.2, 0) is 6.54 Å². The van der Waals surface area contributed by atoms with Crippen molar-refractivity contribution in [2.24, 2.45) is 0 Å². The number of aromatic nitrogens is 2. The predicted molar refractivity (Wildman–Crippen MR) is 116 cm³/mol. The SMILES string of the molecule is CCOc1cccc(Cn2c(-c3cccc(OCC)c3O)nc3ccccc32)c1O. The fourth-order valence-corrected chi connectivity index (χ4v) is 3.55. The minimum atomic E-state index is 0.0446. The van der Waals surface area contributed by atoms with Gasteiger partial charge in [0.05, 0.1) is 36.4 Å². The molecule has 4 rings (SSSR count). The molecule has 0 aliphatic rings. The Morgan fingerprint density at radius 1 is 0.800 bits per heavy atom. The van der Waals surface area contributed by atoms with Crippen LogP contribution in [0.2, 0.25) is 0 Å². The Balaban J connectivity index is 1.87. The van der Waals surface area contributed by atoms with Crippen molar-refractivity contribution in [2.75, 3.05) is 13.2 Å². The molecule has 0 unspecified atom stereocenters. The maximum Gasteiger partial charge on any atom is 0.168 e. The van der Waals surface area contributed by atoms with Crippen molar-refractivity contribution in [3.63, 3.8) is 0 Å². The molecule has 1 heterocycles. The monoisotopic (exact) mass is 404 g/mol. The largest absolute Gasteiger partial charge is 0.504 e. The summed E-state index contributed by atoms with van der Waals surface area (Å²) in [6.07, 6.45) is 0. The number of phenolic OH excluding ortho intramolecular Hbond substituents is 2. The fraction of sp³-hybridized carbons (Fsp3) is 0.208. The number of para-hydroxylation sites is 4. The van der Waals surface area contributed by atoms with E-state index in [1.54, 1.807) is 12.1 Å². The second-order valence-electron chi connectivity index (χ2n) is 6.79. The lowest BCUT2D eigenvalue weighted by Gasteiger charge is -2.15. The van der Waals surface area contributed by atoms with Crippen LogP contribution >= 0.6 is 0 Å². The Kier molecular flexibility index (Phi) is 5.48. The standard InChI is InChI=1S/C24H24N2O4/c1-3-29-20-13-7-9-16(22(20)27)15-26-19-12-6-5-11-18(19)25-24(26)17-10-8-14-21(23(17)28)30-4-2/h5-14,27-28H,3-4,15H2,1-2H3. The zero-order valence-corrected chi connectivity index (χ0v) is 17.0. The number of imidazole rings is 1. The summed E-state index contributed by atoms with van der Waals surface area (Å²) in [4.78, 5) is 4.76. The third-order valence-electron chi connectivity index (χ3n) is 4.91. The van der Waals surface area contributed by atoms with Crippen molar-refractivity contribution >= 4 is 11.0 Å². The van der Waals surface area contributed by atoms with Crippen LogP contribution in [0.5, 0.6) is 23.0 Å². The summed E-state index contributed by atoms with van der Waals surface area (Å²) in [5.74, 6) is 1.60. The summed E-state index contributed by atoms with van der Waals surface area (Å²) in [6.45, 7) is 5.03.